The molecule has 1 N–H and O–H groups in total. The van der Waals surface area contributed by atoms with Gasteiger partial charge in [0, 0.05) is 18.2 Å². The van der Waals surface area contributed by atoms with Gasteiger partial charge in [-0.05, 0) is 12.8 Å². The SMILES string of the molecule is CCCCC(CC)Nc1cc2c(cc1Cl)OCCO2. The van der Waals surface area contributed by atoms with E-state index in [0.29, 0.717) is 24.3 Å². The lowest BCUT2D eigenvalue weighted by molar-refractivity contribution is 0.171. The summed E-state index contributed by atoms with van der Waals surface area (Å²) in [5, 5.41) is 4.21. The van der Waals surface area contributed by atoms with Crippen LogP contribution in [0.2, 0.25) is 5.02 Å². The number of rotatable bonds is 6. The number of nitrogens with one attached hydrogen (secondary N) is 1. The fourth-order valence-corrected chi connectivity index (χ4v) is 2.43. The van der Waals surface area contributed by atoms with Gasteiger partial charge in [0.1, 0.15) is 13.2 Å². The molecule has 1 heterocycles. The van der Waals surface area contributed by atoms with Crippen molar-refractivity contribution in [2.24, 2.45) is 0 Å². The summed E-state index contributed by atoms with van der Waals surface area (Å²) < 4.78 is 11.1. The molecule has 0 aromatic heterocycles. The second-order valence-corrected chi connectivity index (χ2v) is 5.27. The zero-order valence-corrected chi connectivity index (χ0v) is 12.4. The van der Waals surface area contributed by atoms with Gasteiger partial charge in [-0.15, -0.1) is 0 Å². The summed E-state index contributed by atoms with van der Waals surface area (Å²) in [5.41, 5.74) is 0.939. The van der Waals surface area contributed by atoms with Crippen molar-refractivity contribution < 1.29 is 9.47 Å². The van der Waals surface area contributed by atoms with Crippen LogP contribution in [0, 0.1) is 0 Å². The molecule has 0 fully saturated rings. The minimum Gasteiger partial charge on any atom is -0.486 e. The first-order valence-electron chi connectivity index (χ1n) is 7.10. The maximum Gasteiger partial charge on any atom is 0.163 e. The summed E-state index contributed by atoms with van der Waals surface area (Å²) in [6, 6.07) is 4.25. The molecule has 19 heavy (non-hydrogen) atoms. The van der Waals surface area contributed by atoms with E-state index in [9.17, 15) is 0 Å². The third kappa shape index (κ3) is 3.69. The van der Waals surface area contributed by atoms with Crippen molar-refractivity contribution in [1.29, 1.82) is 0 Å². The number of hydrogen-bond donors (Lipinski definition) is 1. The first-order valence-corrected chi connectivity index (χ1v) is 7.48. The van der Waals surface area contributed by atoms with Crippen LogP contribution in [-0.2, 0) is 0 Å². The van der Waals surface area contributed by atoms with Crippen molar-refractivity contribution >= 4 is 17.3 Å². The summed E-state index contributed by atoms with van der Waals surface area (Å²) >= 11 is 6.30. The van der Waals surface area contributed by atoms with Crippen LogP contribution in [0.4, 0.5) is 5.69 Å². The molecule has 0 spiro atoms. The highest BCUT2D eigenvalue weighted by Gasteiger charge is 2.16. The third-order valence-electron chi connectivity index (χ3n) is 3.39. The van der Waals surface area contributed by atoms with Gasteiger partial charge >= 0.3 is 0 Å². The first kappa shape index (κ1) is 14.3. The number of unbranched alkanes of at least 4 members (excludes halogenated alkanes) is 1. The van der Waals surface area contributed by atoms with E-state index in [2.05, 4.69) is 19.2 Å². The Balaban J connectivity index is 2.10. The summed E-state index contributed by atoms with van der Waals surface area (Å²) in [4.78, 5) is 0. The van der Waals surface area contributed by atoms with Gasteiger partial charge in [0.15, 0.2) is 11.5 Å². The van der Waals surface area contributed by atoms with E-state index in [1.807, 2.05) is 12.1 Å². The van der Waals surface area contributed by atoms with Gasteiger partial charge in [-0.2, -0.15) is 0 Å². The molecule has 1 atom stereocenters. The third-order valence-corrected chi connectivity index (χ3v) is 3.70. The zero-order chi connectivity index (χ0) is 13.7. The van der Waals surface area contributed by atoms with Crippen LogP contribution in [-0.4, -0.2) is 19.3 Å². The Kier molecular flexibility index (Phi) is 5.20. The van der Waals surface area contributed by atoms with Crippen LogP contribution >= 0.6 is 11.6 Å². The van der Waals surface area contributed by atoms with Gasteiger partial charge in [0.05, 0.1) is 10.7 Å². The molecule has 1 unspecified atom stereocenters. The van der Waals surface area contributed by atoms with E-state index in [1.165, 1.54) is 12.8 Å². The maximum atomic E-state index is 6.30. The van der Waals surface area contributed by atoms with Crippen molar-refractivity contribution in [1.82, 2.24) is 0 Å². The maximum absolute atomic E-state index is 6.30. The summed E-state index contributed by atoms with van der Waals surface area (Å²) in [7, 11) is 0. The van der Waals surface area contributed by atoms with Crippen molar-refractivity contribution in [3.63, 3.8) is 0 Å². The molecule has 1 aliphatic heterocycles. The van der Waals surface area contributed by atoms with Crippen LogP contribution in [0.25, 0.3) is 0 Å². The van der Waals surface area contributed by atoms with Crippen LogP contribution in [0.5, 0.6) is 11.5 Å². The van der Waals surface area contributed by atoms with Gasteiger partial charge in [0.2, 0.25) is 0 Å². The molecule has 0 aliphatic carbocycles. The lowest BCUT2D eigenvalue weighted by Crippen LogP contribution is -2.19. The van der Waals surface area contributed by atoms with Crippen LogP contribution in [0.1, 0.15) is 39.5 Å². The monoisotopic (exact) mass is 283 g/mol. The van der Waals surface area contributed by atoms with Crippen molar-refractivity contribution in [3.8, 4) is 11.5 Å². The molecule has 0 radical (unpaired) electrons. The molecule has 1 aromatic carbocycles. The number of fused-ring (bicyclic) bond motifs is 1. The fraction of sp³-hybridized carbons (Fsp3) is 0.600. The van der Waals surface area contributed by atoms with Crippen molar-refractivity contribution in [2.45, 2.75) is 45.6 Å². The molecular weight excluding hydrogens is 262 g/mol. The highest BCUT2D eigenvalue weighted by molar-refractivity contribution is 6.33. The van der Waals surface area contributed by atoms with Crippen LogP contribution in [0.3, 0.4) is 0 Å². The number of anilines is 1. The molecule has 1 aromatic rings. The summed E-state index contributed by atoms with van der Waals surface area (Å²) in [5.74, 6) is 1.52. The lowest BCUT2D eigenvalue weighted by atomic mass is 10.1. The minimum atomic E-state index is 0.458. The van der Waals surface area contributed by atoms with Gasteiger partial charge in [-0.1, -0.05) is 38.3 Å². The van der Waals surface area contributed by atoms with Gasteiger partial charge in [0.25, 0.3) is 0 Å². The van der Waals surface area contributed by atoms with Crippen LogP contribution < -0.4 is 14.8 Å². The Morgan fingerprint density at radius 1 is 1.21 bits per heavy atom. The molecule has 106 valence electrons. The Hall–Kier alpha value is -1.09. The minimum absolute atomic E-state index is 0.458. The van der Waals surface area contributed by atoms with Gasteiger partial charge in [-0.3, -0.25) is 0 Å². The normalized spacial score (nSPS) is 15.1. The number of hydrogen-bond acceptors (Lipinski definition) is 3. The second-order valence-electron chi connectivity index (χ2n) is 4.87. The molecule has 3 nitrogen and oxygen atoms in total. The van der Waals surface area contributed by atoms with Gasteiger partial charge in [-0.25, -0.2) is 0 Å². The first-order chi connectivity index (χ1) is 9.24. The average Bonchev–Trinajstić information content (AvgIpc) is 2.43. The largest absolute Gasteiger partial charge is 0.486 e. The number of benzene rings is 1. The predicted molar refractivity (Wildman–Crippen MR) is 79.7 cm³/mol. The summed E-state index contributed by atoms with van der Waals surface area (Å²) in [6.07, 6.45) is 4.70. The quantitative estimate of drug-likeness (QED) is 0.834. The van der Waals surface area contributed by atoms with Crippen molar-refractivity contribution in [2.75, 3.05) is 18.5 Å². The topological polar surface area (TPSA) is 30.5 Å². The van der Waals surface area contributed by atoms with Gasteiger partial charge < -0.3 is 14.8 Å². The molecule has 0 bridgehead atoms. The average molecular weight is 284 g/mol. The molecule has 2 rings (SSSR count). The molecule has 0 saturated heterocycles. The van der Waals surface area contributed by atoms with E-state index < -0.39 is 0 Å². The Morgan fingerprint density at radius 3 is 2.53 bits per heavy atom. The second kappa shape index (κ2) is 6.90. The molecule has 0 amide bonds. The Bertz CT molecular complexity index is 423. The van der Waals surface area contributed by atoms with E-state index >= 15 is 0 Å². The van der Waals surface area contributed by atoms with E-state index in [1.54, 1.807) is 0 Å². The Morgan fingerprint density at radius 2 is 1.89 bits per heavy atom. The van der Waals surface area contributed by atoms with E-state index in [4.69, 9.17) is 21.1 Å². The number of halogens is 1. The zero-order valence-electron chi connectivity index (χ0n) is 11.7. The predicted octanol–water partition coefficient (Wildman–Crippen LogP) is 4.49. The highest BCUT2D eigenvalue weighted by atomic mass is 35.5. The van der Waals surface area contributed by atoms with E-state index in [-0.39, 0.29) is 0 Å². The molecule has 1 aliphatic rings. The summed E-state index contributed by atoms with van der Waals surface area (Å²) in [6.45, 7) is 5.59. The number of ether oxygens (including phenoxy) is 2. The van der Waals surface area contributed by atoms with Crippen LogP contribution in [0.15, 0.2) is 12.1 Å². The molecular formula is C15H22ClNO2. The van der Waals surface area contributed by atoms with Crippen molar-refractivity contribution in [3.05, 3.63) is 17.2 Å². The highest BCUT2D eigenvalue weighted by Crippen LogP contribution is 2.38. The lowest BCUT2D eigenvalue weighted by Gasteiger charge is -2.23. The standard InChI is InChI=1S/C15H22ClNO2/c1-3-5-6-11(4-2)17-13-10-15-14(9-12(13)16)18-7-8-19-15/h9-11,17H,3-8H2,1-2H3. The molecule has 0 saturated carbocycles. The van der Waals surface area contributed by atoms with E-state index in [0.717, 1.165) is 30.0 Å². The molecule has 4 heteroatoms. The fourth-order valence-electron chi connectivity index (χ4n) is 2.22. The smallest absolute Gasteiger partial charge is 0.163 e. The Labute approximate surface area is 120 Å².